The van der Waals surface area contributed by atoms with Crippen LogP contribution in [0.15, 0.2) is 102 Å². The molecule has 0 saturated heterocycles. The van der Waals surface area contributed by atoms with Gasteiger partial charge >= 0.3 is 0 Å². The van der Waals surface area contributed by atoms with Crippen molar-refractivity contribution in [1.82, 2.24) is 5.01 Å². The lowest BCUT2D eigenvalue weighted by Crippen LogP contribution is -2.24. The second-order valence-electron chi connectivity index (χ2n) is 8.42. The standard InChI is InChI=1S/C29H22N2O/c1-19(32)31-28(18-27(30-31)24-15-14-20-8-2-3-9-21(20)16-24)29-25-12-6-4-10-22(25)17-23-11-5-7-13-26(23)29/h2-17,28H,18H2,1H3/t28-/m1/s1. The molecule has 0 bridgehead atoms. The lowest BCUT2D eigenvalue weighted by atomic mass is 9.89. The molecule has 0 radical (unpaired) electrons. The maximum atomic E-state index is 12.7. The molecule has 154 valence electrons. The molecule has 5 aromatic carbocycles. The van der Waals surface area contributed by atoms with Crippen LogP contribution < -0.4 is 0 Å². The number of hydrogen-bond acceptors (Lipinski definition) is 2. The van der Waals surface area contributed by atoms with Gasteiger partial charge in [0.25, 0.3) is 0 Å². The molecule has 1 aliphatic heterocycles. The summed E-state index contributed by atoms with van der Waals surface area (Å²) in [5.41, 5.74) is 3.20. The SMILES string of the molecule is CC(=O)N1N=C(c2ccc3ccccc3c2)C[C@@H]1c1c2ccccc2cc2ccccc12. The molecular weight excluding hydrogens is 392 g/mol. The number of carbonyl (C=O) groups excluding carboxylic acids is 1. The van der Waals surface area contributed by atoms with Crippen molar-refractivity contribution in [1.29, 1.82) is 0 Å². The Morgan fingerprint density at radius 2 is 1.34 bits per heavy atom. The number of fused-ring (bicyclic) bond motifs is 3. The highest BCUT2D eigenvalue weighted by Gasteiger charge is 2.33. The molecule has 5 aromatic rings. The Balaban J connectivity index is 1.53. The third kappa shape index (κ3) is 2.97. The molecule has 1 aliphatic rings. The van der Waals surface area contributed by atoms with Crippen LogP contribution >= 0.6 is 0 Å². The zero-order valence-corrected chi connectivity index (χ0v) is 17.8. The lowest BCUT2D eigenvalue weighted by molar-refractivity contribution is -0.130. The Labute approximate surface area is 186 Å². The zero-order chi connectivity index (χ0) is 21.7. The van der Waals surface area contributed by atoms with Crippen molar-refractivity contribution in [2.75, 3.05) is 0 Å². The zero-order valence-electron chi connectivity index (χ0n) is 17.8. The van der Waals surface area contributed by atoms with Crippen molar-refractivity contribution in [3.8, 4) is 0 Å². The number of rotatable bonds is 2. The van der Waals surface area contributed by atoms with Crippen LogP contribution in [0.1, 0.15) is 30.5 Å². The molecule has 0 saturated carbocycles. The average molecular weight is 415 g/mol. The van der Waals surface area contributed by atoms with Gasteiger partial charge in [0.05, 0.1) is 11.8 Å². The summed E-state index contributed by atoms with van der Waals surface area (Å²) in [6.45, 7) is 1.60. The second kappa shape index (κ2) is 7.31. The molecule has 1 amide bonds. The van der Waals surface area contributed by atoms with Crippen LogP contribution in [0.2, 0.25) is 0 Å². The molecule has 0 aromatic heterocycles. The number of benzene rings is 5. The molecule has 0 N–H and O–H groups in total. The van der Waals surface area contributed by atoms with Crippen LogP contribution in [0.4, 0.5) is 0 Å². The maximum absolute atomic E-state index is 12.7. The predicted molar refractivity (Wildman–Crippen MR) is 132 cm³/mol. The highest BCUT2D eigenvalue weighted by atomic mass is 16.2. The van der Waals surface area contributed by atoms with Gasteiger partial charge in [0.1, 0.15) is 0 Å². The van der Waals surface area contributed by atoms with Crippen LogP contribution in [0.3, 0.4) is 0 Å². The molecule has 3 heteroatoms. The molecule has 1 atom stereocenters. The minimum absolute atomic E-state index is 0.0391. The third-order valence-corrected chi connectivity index (χ3v) is 6.46. The first-order valence-electron chi connectivity index (χ1n) is 11.0. The second-order valence-corrected chi connectivity index (χ2v) is 8.42. The Kier molecular flexibility index (Phi) is 4.29. The van der Waals surface area contributed by atoms with Crippen molar-refractivity contribution in [3.05, 3.63) is 108 Å². The Morgan fingerprint density at radius 3 is 2.00 bits per heavy atom. The highest BCUT2D eigenvalue weighted by Crippen LogP contribution is 2.41. The fourth-order valence-electron chi connectivity index (χ4n) is 4.98. The molecule has 6 rings (SSSR count). The van der Waals surface area contributed by atoms with E-state index in [1.54, 1.807) is 11.9 Å². The van der Waals surface area contributed by atoms with E-state index < -0.39 is 0 Å². The van der Waals surface area contributed by atoms with Crippen molar-refractivity contribution in [3.63, 3.8) is 0 Å². The van der Waals surface area contributed by atoms with E-state index in [0.29, 0.717) is 6.42 Å². The summed E-state index contributed by atoms with van der Waals surface area (Å²) in [5.74, 6) is -0.0391. The molecule has 32 heavy (non-hydrogen) atoms. The molecule has 3 nitrogen and oxygen atoms in total. The van der Waals surface area contributed by atoms with Crippen molar-refractivity contribution in [2.24, 2.45) is 5.10 Å². The van der Waals surface area contributed by atoms with Gasteiger partial charge < -0.3 is 0 Å². The van der Waals surface area contributed by atoms with Gasteiger partial charge in [-0.05, 0) is 55.6 Å². The van der Waals surface area contributed by atoms with Gasteiger partial charge in [-0.15, -0.1) is 0 Å². The van der Waals surface area contributed by atoms with Gasteiger partial charge in [-0.1, -0.05) is 84.9 Å². The third-order valence-electron chi connectivity index (χ3n) is 6.46. The van der Waals surface area contributed by atoms with E-state index in [9.17, 15) is 4.79 Å². The van der Waals surface area contributed by atoms with Gasteiger partial charge in [0, 0.05) is 13.3 Å². The van der Waals surface area contributed by atoms with Crippen LogP contribution in [0.5, 0.6) is 0 Å². The van der Waals surface area contributed by atoms with Crippen LogP contribution in [0.25, 0.3) is 32.3 Å². The summed E-state index contributed by atoms with van der Waals surface area (Å²) < 4.78 is 0. The summed E-state index contributed by atoms with van der Waals surface area (Å²) in [6, 6.07) is 33.7. The smallest absolute Gasteiger partial charge is 0.240 e. The quantitative estimate of drug-likeness (QED) is 0.291. The van der Waals surface area contributed by atoms with E-state index >= 15 is 0 Å². The van der Waals surface area contributed by atoms with Crippen LogP contribution in [-0.2, 0) is 4.79 Å². The Bertz CT molecular complexity index is 1500. The molecule has 1 heterocycles. The van der Waals surface area contributed by atoms with Gasteiger partial charge in [0.2, 0.25) is 5.91 Å². The number of amides is 1. The minimum atomic E-state index is -0.134. The van der Waals surface area contributed by atoms with E-state index in [2.05, 4.69) is 91.0 Å². The van der Waals surface area contributed by atoms with E-state index in [4.69, 9.17) is 5.10 Å². The topological polar surface area (TPSA) is 32.7 Å². The van der Waals surface area contributed by atoms with Crippen molar-refractivity contribution < 1.29 is 4.79 Å². The van der Waals surface area contributed by atoms with Gasteiger partial charge in [-0.2, -0.15) is 5.10 Å². The molecular formula is C29H22N2O. The Hall–Kier alpha value is -3.98. The van der Waals surface area contributed by atoms with E-state index in [-0.39, 0.29) is 11.9 Å². The van der Waals surface area contributed by atoms with Crippen LogP contribution in [0, 0.1) is 0 Å². The van der Waals surface area contributed by atoms with E-state index in [1.165, 1.54) is 37.9 Å². The van der Waals surface area contributed by atoms with Crippen molar-refractivity contribution >= 4 is 43.9 Å². The summed E-state index contributed by atoms with van der Waals surface area (Å²) in [4.78, 5) is 12.7. The number of hydrogen-bond donors (Lipinski definition) is 0. The molecule has 0 spiro atoms. The highest BCUT2D eigenvalue weighted by molar-refractivity contribution is 6.08. The summed E-state index contributed by atoms with van der Waals surface area (Å²) in [6.07, 6.45) is 0.690. The summed E-state index contributed by atoms with van der Waals surface area (Å²) in [7, 11) is 0. The minimum Gasteiger partial charge on any atom is -0.273 e. The molecule has 0 aliphatic carbocycles. The van der Waals surface area contributed by atoms with E-state index in [0.717, 1.165) is 11.3 Å². The normalized spacial score (nSPS) is 16.1. The Morgan fingerprint density at radius 1 is 0.750 bits per heavy atom. The fourth-order valence-corrected chi connectivity index (χ4v) is 4.98. The first-order valence-corrected chi connectivity index (χ1v) is 11.0. The van der Waals surface area contributed by atoms with Gasteiger partial charge in [-0.3, -0.25) is 4.79 Å². The number of carbonyl (C=O) groups is 1. The van der Waals surface area contributed by atoms with Crippen LogP contribution in [-0.4, -0.2) is 16.6 Å². The number of nitrogens with zero attached hydrogens (tertiary/aromatic N) is 2. The van der Waals surface area contributed by atoms with Gasteiger partial charge in [-0.25, -0.2) is 5.01 Å². The lowest BCUT2D eigenvalue weighted by Gasteiger charge is -2.24. The first-order chi connectivity index (χ1) is 15.7. The average Bonchev–Trinajstić information content (AvgIpc) is 3.27. The number of hydrazone groups is 1. The molecule has 0 unspecified atom stereocenters. The largest absolute Gasteiger partial charge is 0.273 e. The molecule has 0 fully saturated rings. The monoisotopic (exact) mass is 414 g/mol. The summed E-state index contributed by atoms with van der Waals surface area (Å²) >= 11 is 0. The maximum Gasteiger partial charge on any atom is 0.240 e. The summed E-state index contributed by atoms with van der Waals surface area (Å²) in [5, 5.41) is 13.6. The fraction of sp³-hybridized carbons (Fsp3) is 0.103. The van der Waals surface area contributed by atoms with Gasteiger partial charge in [0.15, 0.2) is 0 Å². The van der Waals surface area contributed by atoms with Crippen molar-refractivity contribution in [2.45, 2.75) is 19.4 Å². The predicted octanol–water partition coefficient (Wildman–Crippen LogP) is 6.84. The van der Waals surface area contributed by atoms with E-state index in [1.807, 2.05) is 6.07 Å². The first kappa shape index (κ1) is 18.8.